The molecule has 14 rings (SSSR count). The van der Waals surface area contributed by atoms with Gasteiger partial charge in [0.2, 0.25) is 0 Å². The first-order valence-corrected chi connectivity index (χ1v) is 25.3. The molecule has 1 atom stereocenters. The first-order chi connectivity index (χ1) is 36.2. The number of hydrogen-bond acceptors (Lipinski definition) is 2. The highest BCUT2D eigenvalue weighted by molar-refractivity contribution is 6.06. The molecule has 2 aliphatic rings. The lowest BCUT2D eigenvalue weighted by atomic mass is 9.70. The van der Waals surface area contributed by atoms with Crippen LogP contribution in [-0.2, 0) is 5.41 Å². The summed E-state index contributed by atoms with van der Waals surface area (Å²) in [6.07, 6.45) is 0. The van der Waals surface area contributed by atoms with Crippen LogP contribution in [0.25, 0.3) is 66.4 Å². The van der Waals surface area contributed by atoms with E-state index in [0.29, 0.717) is 0 Å². The van der Waals surface area contributed by atoms with Crippen molar-refractivity contribution in [2.24, 2.45) is 0 Å². The van der Waals surface area contributed by atoms with Gasteiger partial charge in [0.05, 0.1) is 16.8 Å². The number of para-hydroxylation sites is 2. The van der Waals surface area contributed by atoms with Gasteiger partial charge in [-0.25, -0.2) is 0 Å². The summed E-state index contributed by atoms with van der Waals surface area (Å²) in [5.74, 6) is 0. The molecule has 0 N–H and O–H groups in total. The summed E-state index contributed by atoms with van der Waals surface area (Å²) < 4.78 is 0. The molecule has 0 aromatic heterocycles. The van der Waals surface area contributed by atoms with E-state index in [1.54, 1.807) is 0 Å². The Bertz CT molecular complexity index is 4000. The molecule has 1 spiro atoms. The molecular weight excluding hydrogens is 881 g/mol. The third kappa shape index (κ3) is 6.79. The topological polar surface area (TPSA) is 6.48 Å². The molecule has 0 fully saturated rings. The van der Waals surface area contributed by atoms with Crippen molar-refractivity contribution in [3.63, 3.8) is 0 Å². The molecule has 2 nitrogen and oxygen atoms in total. The predicted octanol–water partition coefficient (Wildman–Crippen LogP) is 19.1. The monoisotopic (exact) mass is 928 g/mol. The zero-order chi connectivity index (χ0) is 48.3. The summed E-state index contributed by atoms with van der Waals surface area (Å²) in [4.78, 5) is 4.94. The van der Waals surface area contributed by atoms with Crippen LogP contribution < -0.4 is 9.80 Å². The molecule has 12 aromatic carbocycles. The maximum absolute atomic E-state index is 2.51. The first-order valence-electron chi connectivity index (χ1n) is 25.3. The van der Waals surface area contributed by atoms with Crippen LogP contribution in [0.1, 0.15) is 22.3 Å². The van der Waals surface area contributed by atoms with Crippen molar-refractivity contribution in [2.75, 3.05) is 9.80 Å². The fourth-order valence-corrected chi connectivity index (χ4v) is 12.1. The van der Waals surface area contributed by atoms with Gasteiger partial charge >= 0.3 is 0 Å². The second-order valence-corrected chi connectivity index (χ2v) is 19.2. The Morgan fingerprint density at radius 1 is 0.233 bits per heavy atom. The normalized spacial score (nSPS) is 13.8. The molecule has 0 saturated carbocycles. The summed E-state index contributed by atoms with van der Waals surface area (Å²) in [6.45, 7) is 0. The minimum atomic E-state index is -0.625. The minimum absolute atomic E-state index is 0.625. The molecule has 342 valence electrons. The summed E-state index contributed by atoms with van der Waals surface area (Å²) in [7, 11) is 0. The molecule has 12 aromatic rings. The highest BCUT2D eigenvalue weighted by atomic mass is 15.2. The smallest absolute Gasteiger partial charge is 0.0727 e. The van der Waals surface area contributed by atoms with Gasteiger partial charge in [0.1, 0.15) is 0 Å². The molecule has 0 radical (unpaired) electrons. The lowest BCUT2D eigenvalue weighted by Crippen LogP contribution is -2.26. The fraction of sp³-hybridized carbons (Fsp3) is 0.0141. The lowest BCUT2D eigenvalue weighted by molar-refractivity contribution is 0.793. The van der Waals surface area contributed by atoms with Crippen LogP contribution in [0.5, 0.6) is 0 Å². The number of benzene rings is 12. The molecule has 0 bridgehead atoms. The van der Waals surface area contributed by atoms with Gasteiger partial charge in [-0.2, -0.15) is 0 Å². The van der Waals surface area contributed by atoms with Crippen molar-refractivity contribution in [1.82, 2.24) is 0 Å². The second kappa shape index (κ2) is 17.4. The van der Waals surface area contributed by atoms with Crippen molar-refractivity contribution in [3.8, 4) is 55.6 Å². The maximum atomic E-state index is 2.51. The Hall–Kier alpha value is -9.50. The highest BCUT2D eigenvalue weighted by Gasteiger charge is 2.52. The Kier molecular flexibility index (Phi) is 10.1. The van der Waals surface area contributed by atoms with Crippen molar-refractivity contribution in [3.05, 3.63) is 313 Å². The largest absolute Gasteiger partial charge is 0.310 e. The number of nitrogens with zero attached hydrogens (tertiary/aromatic N) is 2. The van der Waals surface area contributed by atoms with E-state index in [-0.39, 0.29) is 0 Å². The van der Waals surface area contributed by atoms with Crippen molar-refractivity contribution < 1.29 is 0 Å². The molecule has 2 aliphatic carbocycles. The fourth-order valence-electron chi connectivity index (χ4n) is 12.1. The molecule has 73 heavy (non-hydrogen) atoms. The average Bonchev–Trinajstić information content (AvgIpc) is 3.93. The number of anilines is 6. The third-order valence-corrected chi connectivity index (χ3v) is 15.3. The zero-order valence-corrected chi connectivity index (χ0v) is 40.1. The summed E-state index contributed by atoms with van der Waals surface area (Å²) in [5.41, 5.74) is 23.3. The SMILES string of the molecule is c1ccc(-c2ccc(N(c3ccc4c(c3)C3(c5ccccc5-4)c4ccccc4-c4ccc(N(c5ccccc5)c5ccc6ccccc6c5-c5ccccc5)cc43)c3ccccc3-c3ccccc3)cc2)cc1. The van der Waals surface area contributed by atoms with Crippen LogP contribution in [-0.4, -0.2) is 0 Å². The van der Waals surface area contributed by atoms with Crippen molar-refractivity contribution in [1.29, 1.82) is 0 Å². The van der Waals surface area contributed by atoms with Gasteiger partial charge < -0.3 is 9.80 Å². The highest BCUT2D eigenvalue weighted by Crippen LogP contribution is 2.64. The van der Waals surface area contributed by atoms with Gasteiger partial charge in [-0.3, -0.25) is 0 Å². The standard InChI is InChI=1S/C71H48N2/c1-5-21-49(22-6-1)50-37-40-55(41-38-50)72(68-36-20-17-30-58(68)51-23-7-2-8-24-51)56-42-44-62-60-32-15-18-34-64(60)71(66(62)47-56)65-35-19-16-33-61(65)63-45-43-57(48-67(63)71)73(54-28-11-4-12-29-54)69-46-39-52-25-13-14-31-59(52)70(69)53-26-9-3-10-27-53/h1-48H. The summed E-state index contributed by atoms with van der Waals surface area (Å²) in [5, 5.41) is 2.43. The van der Waals surface area contributed by atoms with E-state index < -0.39 is 5.41 Å². The van der Waals surface area contributed by atoms with Gasteiger partial charge in [0.25, 0.3) is 0 Å². The predicted molar refractivity (Wildman–Crippen MR) is 306 cm³/mol. The van der Waals surface area contributed by atoms with Gasteiger partial charge in [-0.1, -0.05) is 231 Å². The van der Waals surface area contributed by atoms with Gasteiger partial charge in [-0.05, 0) is 138 Å². The number of hydrogen-bond donors (Lipinski definition) is 0. The quantitative estimate of drug-likeness (QED) is 0.142. The van der Waals surface area contributed by atoms with Crippen LogP contribution in [0.3, 0.4) is 0 Å². The molecule has 0 heterocycles. The molecule has 0 saturated heterocycles. The van der Waals surface area contributed by atoms with E-state index in [0.717, 1.165) is 34.1 Å². The first kappa shape index (κ1) is 42.4. The van der Waals surface area contributed by atoms with E-state index in [4.69, 9.17) is 0 Å². The van der Waals surface area contributed by atoms with Crippen LogP contribution in [0.15, 0.2) is 291 Å². The van der Waals surface area contributed by atoms with Crippen LogP contribution in [0.2, 0.25) is 0 Å². The second-order valence-electron chi connectivity index (χ2n) is 19.2. The zero-order valence-electron chi connectivity index (χ0n) is 40.1. The lowest BCUT2D eigenvalue weighted by Gasteiger charge is -2.34. The molecule has 1 unspecified atom stereocenters. The van der Waals surface area contributed by atoms with Gasteiger partial charge in [-0.15, -0.1) is 0 Å². The Morgan fingerprint density at radius 3 is 1.27 bits per heavy atom. The minimum Gasteiger partial charge on any atom is -0.310 e. The molecule has 0 amide bonds. The Labute approximate surface area is 427 Å². The molecule has 0 aliphatic heterocycles. The third-order valence-electron chi connectivity index (χ3n) is 15.3. The Morgan fingerprint density at radius 2 is 0.658 bits per heavy atom. The average molecular weight is 929 g/mol. The number of fused-ring (bicyclic) bond motifs is 11. The molecular formula is C71H48N2. The summed E-state index contributed by atoms with van der Waals surface area (Å²) >= 11 is 0. The van der Waals surface area contributed by atoms with E-state index in [1.807, 2.05) is 0 Å². The van der Waals surface area contributed by atoms with Crippen molar-refractivity contribution in [2.45, 2.75) is 5.41 Å². The van der Waals surface area contributed by atoms with Crippen LogP contribution >= 0.6 is 0 Å². The Balaban J connectivity index is 1.02. The molecule has 2 heteroatoms. The summed E-state index contributed by atoms with van der Waals surface area (Å²) in [6, 6.07) is 107. The van der Waals surface area contributed by atoms with E-state index in [9.17, 15) is 0 Å². The van der Waals surface area contributed by atoms with Crippen molar-refractivity contribution >= 4 is 44.9 Å². The number of rotatable bonds is 9. The van der Waals surface area contributed by atoms with Crippen LogP contribution in [0.4, 0.5) is 34.1 Å². The maximum Gasteiger partial charge on any atom is 0.0727 e. The van der Waals surface area contributed by atoms with Crippen LogP contribution in [0, 0.1) is 0 Å². The van der Waals surface area contributed by atoms with Gasteiger partial charge in [0.15, 0.2) is 0 Å². The van der Waals surface area contributed by atoms with Gasteiger partial charge in [0, 0.05) is 33.9 Å². The van der Waals surface area contributed by atoms with E-state index in [1.165, 1.54) is 88.7 Å². The van der Waals surface area contributed by atoms with E-state index in [2.05, 4.69) is 301 Å². The van der Waals surface area contributed by atoms with E-state index >= 15 is 0 Å².